The predicted molar refractivity (Wildman–Crippen MR) is 56.6 cm³/mol. The maximum absolute atomic E-state index is 10.8. The summed E-state index contributed by atoms with van der Waals surface area (Å²) in [5.41, 5.74) is 6.64. The van der Waals surface area contributed by atoms with E-state index in [-0.39, 0.29) is 11.5 Å². The van der Waals surface area contributed by atoms with E-state index in [4.69, 9.17) is 10.8 Å². The summed E-state index contributed by atoms with van der Waals surface area (Å²) in [5, 5.41) is 8.82. The minimum absolute atomic E-state index is 0.165. The summed E-state index contributed by atoms with van der Waals surface area (Å²) in [4.78, 5) is 22.4. The molecule has 0 aliphatic carbocycles. The van der Waals surface area contributed by atoms with Crippen LogP contribution in [0, 0.1) is 0 Å². The van der Waals surface area contributed by atoms with E-state index in [2.05, 4.69) is 15.0 Å². The van der Waals surface area contributed by atoms with Crippen molar-refractivity contribution < 1.29 is 9.90 Å². The molecule has 6 nitrogen and oxygen atoms in total. The average Bonchev–Trinajstić information content (AvgIpc) is 2.30. The van der Waals surface area contributed by atoms with Crippen LogP contribution in [-0.4, -0.2) is 26.0 Å². The lowest BCUT2D eigenvalue weighted by molar-refractivity contribution is 0.0697. The van der Waals surface area contributed by atoms with Crippen LogP contribution in [0.3, 0.4) is 0 Å². The van der Waals surface area contributed by atoms with Gasteiger partial charge in [0.2, 0.25) is 5.95 Å². The predicted octanol–water partition coefficient (Wildman–Crippen LogP) is 0.819. The summed E-state index contributed by atoms with van der Waals surface area (Å²) in [6, 6.07) is 2.88. The van der Waals surface area contributed by atoms with E-state index in [1.807, 2.05) is 0 Å². The molecule has 0 saturated heterocycles. The van der Waals surface area contributed by atoms with Gasteiger partial charge in [0, 0.05) is 24.2 Å². The molecular formula is C10H8N4O2. The number of nitrogen functional groups attached to an aromatic ring is 1. The molecule has 0 radical (unpaired) electrons. The van der Waals surface area contributed by atoms with Gasteiger partial charge in [-0.25, -0.2) is 14.8 Å². The first kappa shape index (κ1) is 10.0. The molecule has 0 fully saturated rings. The topological polar surface area (TPSA) is 102 Å². The van der Waals surface area contributed by atoms with Crippen molar-refractivity contribution in [3.05, 3.63) is 36.3 Å². The van der Waals surface area contributed by atoms with Crippen molar-refractivity contribution in [1.29, 1.82) is 0 Å². The highest BCUT2D eigenvalue weighted by atomic mass is 16.4. The lowest BCUT2D eigenvalue weighted by Crippen LogP contribution is -1.98. The van der Waals surface area contributed by atoms with Crippen molar-refractivity contribution in [3.8, 4) is 11.3 Å². The second kappa shape index (κ2) is 3.93. The second-order valence-electron chi connectivity index (χ2n) is 3.06. The number of aromatic nitrogens is 3. The number of hydrogen-bond donors (Lipinski definition) is 2. The van der Waals surface area contributed by atoms with Crippen molar-refractivity contribution in [1.82, 2.24) is 15.0 Å². The fourth-order valence-electron chi connectivity index (χ4n) is 1.19. The van der Waals surface area contributed by atoms with Gasteiger partial charge in [-0.1, -0.05) is 0 Å². The Kier molecular flexibility index (Phi) is 2.47. The molecule has 3 N–H and O–H groups in total. The fraction of sp³-hybridized carbons (Fsp3) is 0. The van der Waals surface area contributed by atoms with Gasteiger partial charge < -0.3 is 10.8 Å². The number of nitrogens with two attached hydrogens (primary N) is 1. The first-order valence-electron chi connectivity index (χ1n) is 4.44. The van der Waals surface area contributed by atoms with E-state index in [0.717, 1.165) is 0 Å². The fourth-order valence-corrected chi connectivity index (χ4v) is 1.19. The smallest absolute Gasteiger partial charge is 0.335 e. The Morgan fingerprint density at radius 1 is 1.25 bits per heavy atom. The lowest BCUT2D eigenvalue weighted by Gasteiger charge is -2.01. The monoisotopic (exact) mass is 216 g/mol. The first-order chi connectivity index (χ1) is 7.66. The number of carboxylic acids is 1. The molecule has 6 heteroatoms. The van der Waals surface area contributed by atoms with E-state index in [1.165, 1.54) is 30.7 Å². The van der Waals surface area contributed by atoms with Gasteiger partial charge in [0.15, 0.2) is 0 Å². The molecule has 2 aromatic rings. The van der Waals surface area contributed by atoms with Crippen LogP contribution in [0.1, 0.15) is 10.4 Å². The third-order valence-corrected chi connectivity index (χ3v) is 1.97. The van der Waals surface area contributed by atoms with Gasteiger partial charge in [0.05, 0.1) is 11.3 Å². The highest BCUT2D eigenvalue weighted by molar-refractivity contribution is 5.88. The SMILES string of the molecule is Nc1ncc(-c2cc(C(=O)O)ccn2)cn1. The minimum Gasteiger partial charge on any atom is -0.478 e. The van der Waals surface area contributed by atoms with Crippen molar-refractivity contribution in [2.75, 3.05) is 5.73 Å². The molecule has 0 aliphatic heterocycles. The number of aromatic carboxylic acids is 1. The standard InChI is InChI=1S/C10H8N4O2/c11-10-13-4-7(5-14-10)8-3-6(9(15)16)1-2-12-8/h1-5H,(H,15,16)(H2,11,13,14). The van der Waals surface area contributed by atoms with Gasteiger partial charge in [-0.2, -0.15) is 0 Å². The summed E-state index contributed by atoms with van der Waals surface area (Å²) >= 11 is 0. The van der Waals surface area contributed by atoms with Gasteiger partial charge in [-0.3, -0.25) is 4.98 Å². The van der Waals surface area contributed by atoms with Crippen LogP contribution < -0.4 is 5.73 Å². The van der Waals surface area contributed by atoms with Gasteiger partial charge in [-0.15, -0.1) is 0 Å². The molecule has 0 spiro atoms. The molecule has 0 atom stereocenters. The van der Waals surface area contributed by atoms with Crippen LogP contribution in [0.4, 0.5) is 5.95 Å². The number of rotatable bonds is 2. The Morgan fingerprint density at radius 3 is 2.56 bits per heavy atom. The Labute approximate surface area is 90.8 Å². The molecule has 0 amide bonds. The number of anilines is 1. The maximum Gasteiger partial charge on any atom is 0.335 e. The van der Waals surface area contributed by atoms with Gasteiger partial charge in [0.1, 0.15) is 0 Å². The molecule has 0 aliphatic rings. The van der Waals surface area contributed by atoms with Crippen LogP contribution in [0.5, 0.6) is 0 Å². The van der Waals surface area contributed by atoms with Crippen LogP contribution in [0.25, 0.3) is 11.3 Å². The largest absolute Gasteiger partial charge is 0.478 e. The Balaban J connectivity index is 2.44. The van der Waals surface area contributed by atoms with Crippen molar-refractivity contribution >= 4 is 11.9 Å². The van der Waals surface area contributed by atoms with E-state index in [0.29, 0.717) is 11.3 Å². The maximum atomic E-state index is 10.8. The van der Waals surface area contributed by atoms with Gasteiger partial charge in [0.25, 0.3) is 0 Å². The third-order valence-electron chi connectivity index (χ3n) is 1.97. The quantitative estimate of drug-likeness (QED) is 0.770. The van der Waals surface area contributed by atoms with Crippen molar-refractivity contribution in [3.63, 3.8) is 0 Å². The zero-order valence-corrected chi connectivity index (χ0v) is 8.16. The normalized spacial score (nSPS) is 10.0. The highest BCUT2D eigenvalue weighted by Gasteiger charge is 2.06. The van der Waals surface area contributed by atoms with E-state index in [9.17, 15) is 4.79 Å². The molecule has 2 aromatic heterocycles. The van der Waals surface area contributed by atoms with Crippen LogP contribution in [-0.2, 0) is 0 Å². The van der Waals surface area contributed by atoms with E-state index < -0.39 is 5.97 Å². The van der Waals surface area contributed by atoms with Crippen molar-refractivity contribution in [2.24, 2.45) is 0 Å². The van der Waals surface area contributed by atoms with Gasteiger partial charge in [-0.05, 0) is 12.1 Å². The van der Waals surface area contributed by atoms with E-state index >= 15 is 0 Å². The summed E-state index contributed by atoms with van der Waals surface area (Å²) in [6.07, 6.45) is 4.42. The summed E-state index contributed by atoms with van der Waals surface area (Å²) in [6.45, 7) is 0. The average molecular weight is 216 g/mol. The second-order valence-corrected chi connectivity index (χ2v) is 3.06. The number of pyridine rings is 1. The molecule has 0 unspecified atom stereocenters. The number of hydrogen-bond acceptors (Lipinski definition) is 5. The van der Waals surface area contributed by atoms with Crippen LogP contribution >= 0.6 is 0 Å². The van der Waals surface area contributed by atoms with E-state index in [1.54, 1.807) is 0 Å². The minimum atomic E-state index is -1.000. The Bertz CT molecular complexity index is 525. The van der Waals surface area contributed by atoms with Crippen LogP contribution in [0.15, 0.2) is 30.7 Å². The molecule has 0 bridgehead atoms. The summed E-state index contributed by atoms with van der Waals surface area (Å²) in [7, 11) is 0. The number of carbonyl (C=O) groups is 1. The summed E-state index contributed by atoms with van der Waals surface area (Å²) < 4.78 is 0. The molecule has 16 heavy (non-hydrogen) atoms. The molecular weight excluding hydrogens is 208 g/mol. The van der Waals surface area contributed by atoms with Crippen LogP contribution in [0.2, 0.25) is 0 Å². The third kappa shape index (κ3) is 1.95. The molecule has 0 aromatic carbocycles. The molecule has 80 valence electrons. The lowest BCUT2D eigenvalue weighted by atomic mass is 10.1. The first-order valence-corrected chi connectivity index (χ1v) is 4.44. The summed E-state index contributed by atoms with van der Waals surface area (Å²) in [5.74, 6) is -0.835. The van der Waals surface area contributed by atoms with Crippen molar-refractivity contribution in [2.45, 2.75) is 0 Å². The number of carboxylic acid groups (broad SMARTS) is 1. The zero-order chi connectivity index (χ0) is 11.5. The number of nitrogens with zero attached hydrogens (tertiary/aromatic N) is 3. The molecule has 2 heterocycles. The Morgan fingerprint density at radius 2 is 1.94 bits per heavy atom. The Hall–Kier alpha value is -2.50. The molecule has 2 rings (SSSR count). The highest BCUT2D eigenvalue weighted by Crippen LogP contribution is 2.16. The zero-order valence-electron chi connectivity index (χ0n) is 8.16. The van der Waals surface area contributed by atoms with Gasteiger partial charge >= 0.3 is 5.97 Å². The molecule has 0 saturated carbocycles.